The van der Waals surface area contributed by atoms with Crippen molar-refractivity contribution >= 4 is 11.5 Å². The molecule has 86 valence electrons. The molecule has 16 heavy (non-hydrogen) atoms. The number of hydrogen-bond acceptors (Lipinski definition) is 2. The molecular formula is C14H19NO. The van der Waals surface area contributed by atoms with Gasteiger partial charge in [0, 0.05) is 24.3 Å². The van der Waals surface area contributed by atoms with E-state index in [2.05, 4.69) is 18.7 Å². The standard InChI is InChI=1S/C14H19NO/c1-4-7-14(16)12-8-10-13(11-9-12)15(5-2)6-3/h4,7-11H,5-6H2,1-3H3. The average molecular weight is 217 g/mol. The van der Waals surface area contributed by atoms with Crippen molar-refractivity contribution < 1.29 is 4.79 Å². The van der Waals surface area contributed by atoms with Crippen molar-refractivity contribution in [3.05, 3.63) is 42.0 Å². The number of carbonyl (C=O) groups excluding carboxylic acids is 1. The van der Waals surface area contributed by atoms with E-state index in [1.165, 1.54) is 5.69 Å². The summed E-state index contributed by atoms with van der Waals surface area (Å²) >= 11 is 0. The fourth-order valence-corrected chi connectivity index (χ4v) is 1.67. The van der Waals surface area contributed by atoms with E-state index in [1.54, 1.807) is 12.2 Å². The Labute approximate surface area is 97.6 Å². The molecule has 2 heteroatoms. The molecule has 0 saturated carbocycles. The first-order valence-corrected chi connectivity index (χ1v) is 5.75. The van der Waals surface area contributed by atoms with Crippen molar-refractivity contribution in [2.45, 2.75) is 20.8 Å². The van der Waals surface area contributed by atoms with Crippen LogP contribution in [0.2, 0.25) is 0 Å². The fraction of sp³-hybridized carbons (Fsp3) is 0.357. The number of hydrogen-bond donors (Lipinski definition) is 0. The highest BCUT2D eigenvalue weighted by Gasteiger charge is 2.04. The zero-order valence-corrected chi connectivity index (χ0v) is 10.2. The number of nitrogens with zero attached hydrogens (tertiary/aromatic N) is 1. The second-order valence-electron chi connectivity index (χ2n) is 3.58. The van der Waals surface area contributed by atoms with E-state index in [0.717, 1.165) is 18.7 Å². The van der Waals surface area contributed by atoms with E-state index in [4.69, 9.17) is 0 Å². The molecule has 0 N–H and O–H groups in total. The Hall–Kier alpha value is -1.57. The van der Waals surface area contributed by atoms with Crippen molar-refractivity contribution in [1.29, 1.82) is 0 Å². The highest BCUT2D eigenvalue weighted by atomic mass is 16.1. The monoisotopic (exact) mass is 217 g/mol. The van der Waals surface area contributed by atoms with Gasteiger partial charge in [-0.05, 0) is 51.1 Å². The minimum absolute atomic E-state index is 0.0635. The minimum Gasteiger partial charge on any atom is -0.372 e. The Morgan fingerprint density at radius 2 is 1.75 bits per heavy atom. The van der Waals surface area contributed by atoms with Gasteiger partial charge in [0.1, 0.15) is 0 Å². The summed E-state index contributed by atoms with van der Waals surface area (Å²) in [6.07, 6.45) is 3.35. The van der Waals surface area contributed by atoms with Crippen LogP contribution in [-0.4, -0.2) is 18.9 Å². The van der Waals surface area contributed by atoms with Gasteiger partial charge in [-0.25, -0.2) is 0 Å². The van der Waals surface area contributed by atoms with Crippen molar-refractivity contribution in [2.24, 2.45) is 0 Å². The molecule has 1 aromatic carbocycles. The molecule has 0 unspecified atom stereocenters. The minimum atomic E-state index is 0.0635. The van der Waals surface area contributed by atoms with Gasteiger partial charge in [-0.3, -0.25) is 4.79 Å². The van der Waals surface area contributed by atoms with E-state index < -0.39 is 0 Å². The first-order valence-electron chi connectivity index (χ1n) is 5.75. The third kappa shape index (κ3) is 2.96. The molecule has 0 bridgehead atoms. The maximum absolute atomic E-state index is 11.6. The quantitative estimate of drug-likeness (QED) is 0.557. The Bertz CT molecular complexity index is 361. The van der Waals surface area contributed by atoms with Gasteiger partial charge in [0.25, 0.3) is 0 Å². The number of anilines is 1. The molecular weight excluding hydrogens is 198 g/mol. The molecule has 0 aliphatic heterocycles. The van der Waals surface area contributed by atoms with Gasteiger partial charge in [-0.2, -0.15) is 0 Å². The van der Waals surface area contributed by atoms with Crippen molar-refractivity contribution in [1.82, 2.24) is 0 Å². The zero-order chi connectivity index (χ0) is 12.0. The maximum atomic E-state index is 11.6. The molecule has 0 radical (unpaired) electrons. The van der Waals surface area contributed by atoms with E-state index in [0.29, 0.717) is 0 Å². The number of allylic oxidation sites excluding steroid dienone is 2. The van der Waals surface area contributed by atoms with E-state index >= 15 is 0 Å². The Morgan fingerprint density at radius 1 is 1.19 bits per heavy atom. The molecule has 0 heterocycles. The van der Waals surface area contributed by atoms with Gasteiger partial charge < -0.3 is 4.90 Å². The van der Waals surface area contributed by atoms with Gasteiger partial charge in [0.2, 0.25) is 0 Å². The summed E-state index contributed by atoms with van der Waals surface area (Å²) in [6, 6.07) is 7.78. The SMILES string of the molecule is CC=CC(=O)c1ccc(N(CC)CC)cc1. The summed E-state index contributed by atoms with van der Waals surface area (Å²) in [7, 11) is 0. The first-order chi connectivity index (χ1) is 7.72. The summed E-state index contributed by atoms with van der Waals surface area (Å²) in [4.78, 5) is 13.8. The smallest absolute Gasteiger partial charge is 0.185 e. The van der Waals surface area contributed by atoms with Gasteiger partial charge in [-0.1, -0.05) is 6.08 Å². The molecule has 1 rings (SSSR count). The summed E-state index contributed by atoms with van der Waals surface area (Å²) in [5.41, 5.74) is 1.91. The Morgan fingerprint density at radius 3 is 2.19 bits per heavy atom. The Balaban J connectivity index is 2.86. The van der Waals surface area contributed by atoms with Crippen molar-refractivity contribution in [3.63, 3.8) is 0 Å². The molecule has 2 nitrogen and oxygen atoms in total. The number of rotatable bonds is 5. The maximum Gasteiger partial charge on any atom is 0.185 e. The van der Waals surface area contributed by atoms with Crippen LogP contribution >= 0.6 is 0 Å². The first kappa shape index (κ1) is 12.5. The molecule has 0 aromatic heterocycles. The topological polar surface area (TPSA) is 20.3 Å². The fourth-order valence-electron chi connectivity index (χ4n) is 1.67. The van der Waals surface area contributed by atoms with Gasteiger partial charge >= 0.3 is 0 Å². The van der Waals surface area contributed by atoms with Crippen LogP contribution in [0, 0.1) is 0 Å². The molecule has 0 atom stereocenters. The normalized spacial score (nSPS) is 10.7. The lowest BCUT2D eigenvalue weighted by atomic mass is 10.1. The highest BCUT2D eigenvalue weighted by Crippen LogP contribution is 2.15. The predicted octanol–water partition coefficient (Wildman–Crippen LogP) is 3.29. The second kappa shape index (κ2) is 6.11. The van der Waals surface area contributed by atoms with Crippen LogP contribution in [0.5, 0.6) is 0 Å². The lowest BCUT2D eigenvalue weighted by molar-refractivity contribution is 0.104. The molecule has 0 aliphatic carbocycles. The third-order valence-corrected chi connectivity index (χ3v) is 2.60. The lowest BCUT2D eigenvalue weighted by Gasteiger charge is -2.20. The van der Waals surface area contributed by atoms with Crippen LogP contribution in [0.15, 0.2) is 36.4 Å². The third-order valence-electron chi connectivity index (χ3n) is 2.60. The van der Waals surface area contributed by atoms with Gasteiger partial charge in [-0.15, -0.1) is 0 Å². The Kier molecular flexibility index (Phi) is 4.77. The van der Waals surface area contributed by atoms with Crippen LogP contribution in [0.4, 0.5) is 5.69 Å². The second-order valence-corrected chi connectivity index (χ2v) is 3.58. The van der Waals surface area contributed by atoms with Crippen LogP contribution in [0.1, 0.15) is 31.1 Å². The zero-order valence-electron chi connectivity index (χ0n) is 10.2. The van der Waals surface area contributed by atoms with E-state index in [9.17, 15) is 4.79 Å². The molecule has 1 aromatic rings. The summed E-state index contributed by atoms with van der Waals surface area (Å²) in [5, 5.41) is 0. The van der Waals surface area contributed by atoms with Gasteiger partial charge in [0.05, 0.1) is 0 Å². The highest BCUT2D eigenvalue weighted by molar-refractivity contribution is 6.04. The number of ketones is 1. The summed E-state index contributed by atoms with van der Waals surface area (Å²) in [6.45, 7) is 8.07. The molecule has 0 fully saturated rings. The van der Waals surface area contributed by atoms with Gasteiger partial charge in [0.15, 0.2) is 5.78 Å². The van der Waals surface area contributed by atoms with Crippen LogP contribution in [0.25, 0.3) is 0 Å². The molecule has 0 spiro atoms. The van der Waals surface area contributed by atoms with Crippen molar-refractivity contribution in [2.75, 3.05) is 18.0 Å². The summed E-state index contributed by atoms with van der Waals surface area (Å²) < 4.78 is 0. The molecule has 0 amide bonds. The lowest BCUT2D eigenvalue weighted by Crippen LogP contribution is -2.21. The number of carbonyl (C=O) groups is 1. The number of benzene rings is 1. The largest absolute Gasteiger partial charge is 0.372 e. The van der Waals surface area contributed by atoms with Crippen LogP contribution in [-0.2, 0) is 0 Å². The van der Waals surface area contributed by atoms with Crippen LogP contribution < -0.4 is 4.90 Å². The predicted molar refractivity (Wildman–Crippen MR) is 69.1 cm³/mol. The average Bonchev–Trinajstić information content (AvgIpc) is 2.32. The van der Waals surface area contributed by atoms with Crippen molar-refractivity contribution in [3.8, 4) is 0 Å². The summed E-state index contributed by atoms with van der Waals surface area (Å²) in [5.74, 6) is 0.0635. The molecule has 0 saturated heterocycles. The molecule has 0 aliphatic rings. The van der Waals surface area contributed by atoms with Crippen LogP contribution in [0.3, 0.4) is 0 Å². The van der Waals surface area contributed by atoms with E-state index in [1.807, 2.05) is 31.2 Å². The van der Waals surface area contributed by atoms with E-state index in [-0.39, 0.29) is 5.78 Å².